The zero-order chi connectivity index (χ0) is 14.4. The van der Waals surface area contributed by atoms with Crippen LogP contribution in [0.5, 0.6) is 0 Å². The average molecular weight is 338 g/mol. The standard InChI is InChI=1S/C18H28BrN/c1-3-6-15-7-4-10-18(12-11-15)20-14(2)16-8-5-9-17(19)13-16/h5,8-9,13-15,18,20H,3-4,6-7,10-12H2,1-2H3. The van der Waals surface area contributed by atoms with Gasteiger partial charge in [-0.15, -0.1) is 0 Å². The minimum absolute atomic E-state index is 0.445. The maximum Gasteiger partial charge on any atom is 0.0294 e. The SMILES string of the molecule is CCCC1CCCC(NC(C)c2cccc(Br)c2)CC1. The van der Waals surface area contributed by atoms with Gasteiger partial charge in [-0.1, -0.05) is 60.7 Å². The van der Waals surface area contributed by atoms with Crippen LogP contribution in [0, 0.1) is 5.92 Å². The second-order valence-electron chi connectivity index (χ2n) is 6.30. The molecule has 0 spiro atoms. The van der Waals surface area contributed by atoms with E-state index in [9.17, 15) is 0 Å². The van der Waals surface area contributed by atoms with Gasteiger partial charge in [0.05, 0.1) is 0 Å². The number of hydrogen-bond acceptors (Lipinski definition) is 1. The summed E-state index contributed by atoms with van der Waals surface area (Å²) in [5.41, 5.74) is 1.38. The number of halogens is 1. The van der Waals surface area contributed by atoms with Gasteiger partial charge in [0.1, 0.15) is 0 Å². The van der Waals surface area contributed by atoms with Crippen molar-refractivity contribution in [2.45, 2.75) is 70.9 Å². The summed E-state index contributed by atoms with van der Waals surface area (Å²) in [5.74, 6) is 0.980. The lowest BCUT2D eigenvalue weighted by atomic mass is 9.95. The molecule has 3 atom stereocenters. The Morgan fingerprint density at radius 3 is 2.85 bits per heavy atom. The van der Waals surface area contributed by atoms with Gasteiger partial charge < -0.3 is 5.32 Å². The van der Waals surface area contributed by atoms with Crippen molar-refractivity contribution in [2.75, 3.05) is 0 Å². The van der Waals surface area contributed by atoms with Gasteiger partial charge in [-0.25, -0.2) is 0 Å². The van der Waals surface area contributed by atoms with Gasteiger partial charge in [-0.05, 0) is 49.8 Å². The summed E-state index contributed by atoms with van der Waals surface area (Å²) in [6.07, 6.45) is 9.72. The third-order valence-corrected chi connectivity index (χ3v) is 5.11. The molecule has 1 aliphatic carbocycles. The Bertz CT molecular complexity index is 404. The summed E-state index contributed by atoms with van der Waals surface area (Å²) in [5, 5.41) is 3.84. The van der Waals surface area contributed by atoms with Crippen LogP contribution in [0.15, 0.2) is 28.7 Å². The second kappa shape index (κ2) is 8.19. The molecule has 0 amide bonds. The van der Waals surface area contributed by atoms with Gasteiger partial charge in [0.25, 0.3) is 0 Å². The Morgan fingerprint density at radius 2 is 2.10 bits per heavy atom. The van der Waals surface area contributed by atoms with Crippen LogP contribution in [-0.4, -0.2) is 6.04 Å². The largest absolute Gasteiger partial charge is 0.307 e. The quantitative estimate of drug-likeness (QED) is 0.664. The molecule has 0 bridgehead atoms. The molecule has 0 saturated heterocycles. The Hall–Kier alpha value is -0.340. The van der Waals surface area contributed by atoms with E-state index in [2.05, 4.69) is 59.4 Å². The summed E-state index contributed by atoms with van der Waals surface area (Å²) in [6.45, 7) is 4.60. The maximum atomic E-state index is 3.84. The molecule has 2 heteroatoms. The first-order valence-electron chi connectivity index (χ1n) is 8.20. The topological polar surface area (TPSA) is 12.0 Å². The molecule has 0 heterocycles. The lowest BCUT2D eigenvalue weighted by molar-refractivity contribution is 0.393. The number of rotatable bonds is 5. The first kappa shape index (κ1) is 16.0. The van der Waals surface area contributed by atoms with Crippen molar-refractivity contribution in [2.24, 2.45) is 5.92 Å². The molecule has 1 saturated carbocycles. The van der Waals surface area contributed by atoms with Crippen molar-refractivity contribution < 1.29 is 0 Å². The van der Waals surface area contributed by atoms with Crippen molar-refractivity contribution >= 4 is 15.9 Å². The fourth-order valence-electron chi connectivity index (χ4n) is 3.47. The van der Waals surface area contributed by atoms with E-state index in [0.29, 0.717) is 12.1 Å². The fraction of sp³-hybridized carbons (Fsp3) is 0.667. The highest BCUT2D eigenvalue weighted by molar-refractivity contribution is 9.10. The van der Waals surface area contributed by atoms with Gasteiger partial charge in [0.2, 0.25) is 0 Å². The number of benzene rings is 1. The van der Waals surface area contributed by atoms with Crippen LogP contribution >= 0.6 is 15.9 Å². The first-order valence-corrected chi connectivity index (χ1v) is 9.00. The molecular formula is C18H28BrN. The Labute approximate surface area is 132 Å². The molecule has 112 valence electrons. The molecule has 0 radical (unpaired) electrons. The highest BCUT2D eigenvalue weighted by Crippen LogP contribution is 2.28. The van der Waals surface area contributed by atoms with Gasteiger partial charge in [-0.2, -0.15) is 0 Å². The molecule has 1 fully saturated rings. The molecule has 1 N–H and O–H groups in total. The van der Waals surface area contributed by atoms with Gasteiger partial charge >= 0.3 is 0 Å². The molecule has 3 unspecified atom stereocenters. The van der Waals surface area contributed by atoms with Crippen LogP contribution in [0.3, 0.4) is 0 Å². The van der Waals surface area contributed by atoms with E-state index < -0.39 is 0 Å². The van der Waals surface area contributed by atoms with E-state index in [1.165, 1.54) is 55.0 Å². The van der Waals surface area contributed by atoms with Crippen LogP contribution < -0.4 is 5.32 Å². The van der Waals surface area contributed by atoms with Crippen LogP contribution in [0.2, 0.25) is 0 Å². The summed E-state index contributed by atoms with van der Waals surface area (Å²) in [4.78, 5) is 0. The van der Waals surface area contributed by atoms with Crippen LogP contribution in [0.25, 0.3) is 0 Å². The summed E-state index contributed by atoms with van der Waals surface area (Å²) in [6, 6.07) is 9.82. The molecule has 0 aromatic heterocycles. The van der Waals surface area contributed by atoms with E-state index in [0.717, 1.165) is 5.92 Å². The lowest BCUT2D eigenvalue weighted by Gasteiger charge is -2.22. The average Bonchev–Trinajstić information content (AvgIpc) is 2.65. The Balaban J connectivity index is 1.86. The van der Waals surface area contributed by atoms with Crippen molar-refractivity contribution in [3.05, 3.63) is 34.3 Å². The van der Waals surface area contributed by atoms with Crippen LogP contribution in [0.1, 0.15) is 70.4 Å². The van der Waals surface area contributed by atoms with Gasteiger partial charge in [-0.3, -0.25) is 0 Å². The summed E-state index contributed by atoms with van der Waals surface area (Å²) < 4.78 is 1.17. The zero-order valence-corrected chi connectivity index (χ0v) is 14.5. The summed E-state index contributed by atoms with van der Waals surface area (Å²) in [7, 11) is 0. The van der Waals surface area contributed by atoms with Crippen molar-refractivity contribution in [3.8, 4) is 0 Å². The van der Waals surface area contributed by atoms with Crippen molar-refractivity contribution in [1.82, 2.24) is 5.32 Å². The third kappa shape index (κ3) is 4.89. The van der Waals surface area contributed by atoms with Gasteiger partial charge in [0, 0.05) is 16.6 Å². The molecule has 20 heavy (non-hydrogen) atoms. The Kier molecular flexibility index (Phi) is 6.57. The normalized spacial score (nSPS) is 25.1. The van der Waals surface area contributed by atoms with E-state index in [-0.39, 0.29) is 0 Å². The third-order valence-electron chi connectivity index (χ3n) is 4.62. The molecule has 1 aromatic carbocycles. The highest BCUT2D eigenvalue weighted by Gasteiger charge is 2.19. The van der Waals surface area contributed by atoms with Crippen molar-refractivity contribution in [3.63, 3.8) is 0 Å². The highest BCUT2D eigenvalue weighted by atomic mass is 79.9. The van der Waals surface area contributed by atoms with E-state index in [4.69, 9.17) is 0 Å². The second-order valence-corrected chi connectivity index (χ2v) is 7.22. The van der Waals surface area contributed by atoms with Crippen molar-refractivity contribution in [1.29, 1.82) is 0 Å². The monoisotopic (exact) mass is 337 g/mol. The van der Waals surface area contributed by atoms with E-state index >= 15 is 0 Å². The molecule has 1 aliphatic rings. The minimum Gasteiger partial charge on any atom is -0.307 e. The molecular weight excluding hydrogens is 310 g/mol. The number of hydrogen-bond donors (Lipinski definition) is 1. The maximum absolute atomic E-state index is 3.84. The molecule has 1 nitrogen and oxygen atoms in total. The first-order chi connectivity index (χ1) is 9.69. The van der Waals surface area contributed by atoms with Gasteiger partial charge in [0.15, 0.2) is 0 Å². The van der Waals surface area contributed by atoms with E-state index in [1.807, 2.05) is 0 Å². The fourth-order valence-corrected chi connectivity index (χ4v) is 3.88. The zero-order valence-electron chi connectivity index (χ0n) is 12.9. The lowest BCUT2D eigenvalue weighted by Crippen LogP contribution is -2.31. The Morgan fingerprint density at radius 1 is 1.25 bits per heavy atom. The predicted molar refractivity (Wildman–Crippen MR) is 91.0 cm³/mol. The van der Waals surface area contributed by atoms with Crippen LogP contribution in [-0.2, 0) is 0 Å². The molecule has 0 aliphatic heterocycles. The summed E-state index contributed by atoms with van der Waals surface area (Å²) >= 11 is 3.57. The minimum atomic E-state index is 0.445. The predicted octanol–water partition coefficient (Wildman–Crippen LogP) is 5.85. The molecule has 1 aromatic rings. The smallest absolute Gasteiger partial charge is 0.0294 e. The van der Waals surface area contributed by atoms with E-state index in [1.54, 1.807) is 0 Å². The van der Waals surface area contributed by atoms with Crippen LogP contribution in [0.4, 0.5) is 0 Å². The number of nitrogens with one attached hydrogen (secondary N) is 1. The molecule has 2 rings (SSSR count).